The van der Waals surface area contributed by atoms with Gasteiger partial charge < -0.3 is 5.32 Å². The molecule has 24 heavy (non-hydrogen) atoms. The molecule has 1 aromatic heterocycles. The first-order valence-electron chi connectivity index (χ1n) is 7.85. The van der Waals surface area contributed by atoms with Gasteiger partial charge in [-0.3, -0.25) is 9.89 Å². The summed E-state index contributed by atoms with van der Waals surface area (Å²) in [7, 11) is -3.57. The molecule has 1 aromatic carbocycles. The van der Waals surface area contributed by atoms with Crippen molar-refractivity contribution in [2.75, 3.05) is 18.4 Å². The summed E-state index contributed by atoms with van der Waals surface area (Å²) in [5.41, 5.74) is 0.849. The summed E-state index contributed by atoms with van der Waals surface area (Å²) in [4.78, 5) is 12.7. The number of hydrogen-bond donors (Lipinski definition) is 2. The summed E-state index contributed by atoms with van der Waals surface area (Å²) in [6, 6.07) is 10.1. The van der Waals surface area contributed by atoms with E-state index in [1.807, 2.05) is 6.92 Å². The predicted molar refractivity (Wildman–Crippen MR) is 89.9 cm³/mol. The Morgan fingerprint density at radius 2 is 2.08 bits per heavy atom. The van der Waals surface area contributed by atoms with E-state index in [1.54, 1.807) is 36.4 Å². The first-order chi connectivity index (χ1) is 11.5. The van der Waals surface area contributed by atoms with Gasteiger partial charge in [0.15, 0.2) is 5.82 Å². The van der Waals surface area contributed by atoms with Gasteiger partial charge in [-0.2, -0.15) is 9.40 Å². The molecule has 3 rings (SSSR count). The van der Waals surface area contributed by atoms with E-state index in [4.69, 9.17) is 0 Å². The highest BCUT2D eigenvalue weighted by Crippen LogP contribution is 2.24. The second-order valence-corrected chi connectivity index (χ2v) is 7.88. The summed E-state index contributed by atoms with van der Waals surface area (Å²) in [5.74, 6) is -0.121. The molecule has 1 unspecified atom stereocenters. The smallest absolute Gasteiger partial charge is 0.243 e. The van der Waals surface area contributed by atoms with Gasteiger partial charge in [0, 0.05) is 24.8 Å². The fourth-order valence-electron chi connectivity index (χ4n) is 2.83. The first-order valence-corrected chi connectivity index (χ1v) is 9.29. The highest BCUT2D eigenvalue weighted by Gasteiger charge is 2.33. The highest BCUT2D eigenvalue weighted by molar-refractivity contribution is 7.89. The maximum absolute atomic E-state index is 12.7. The van der Waals surface area contributed by atoms with E-state index in [2.05, 4.69) is 15.5 Å². The highest BCUT2D eigenvalue weighted by atomic mass is 32.2. The van der Waals surface area contributed by atoms with Crippen LogP contribution in [0.1, 0.15) is 18.5 Å². The minimum absolute atomic E-state index is 0.187. The average Bonchev–Trinajstić information content (AvgIpc) is 3.00. The van der Waals surface area contributed by atoms with Gasteiger partial charge in [0.05, 0.1) is 10.8 Å². The van der Waals surface area contributed by atoms with Crippen molar-refractivity contribution >= 4 is 21.7 Å². The lowest BCUT2D eigenvalue weighted by Crippen LogP contribution is -2.43. The van der Waals surface area contributed by atoms with E-state index in [9.17, 15) is 13.2 Å². The zero-order valence-electron chi connectivity index (χ0n) is 13.4. The number of benzene rings is 1. The van der Waals surface area contributed by atoms with Crippen LogP contribution >= 0.6 is 0 Å². The molecule has 1 atom stereocenters. The van der Waals surface area contributed by atoms with Gasteiger partial charge in [0.2, 0.25) is 15.9 Å². The minimum Gasteiger partial charge on any atom is -0.309 e. The zero-order chi connectivity index (χ0) is 17.2. The molecule has 0 radical (unpaired) electrons. The summed E-state index contributed by atoms with van der Waals surface area (Å²) in [5, 5.41) is 9.48. The van der Waals surface area contributed by atoms with Crippen LogP contribution in [0.3, 0.4) is 0 Å². The molecule has 1 aliphatic heterocycles. The number of rotatable bonds is 4. The molecule has 0 spiro atoms. The molecule has 0 aliphatic carbocycles. The van der Waals surface area contributed by atoms with Gasteiger partial charge in [-0.25, -0.2) is 8.42 Å². The van der Waals surface area contributed by atoms with E-state index in [0.29, 0.717) is 25.2 Å². The first kappa shape index (κ1) is 16.7. The van der Waals surface area contributed by atoms with Gasteiger partial charge in [-0.1, -0.05) is 18.2 Å². The number of anilines is 1. The molecule has 1 amide bonds. The number of sulfonamides is 1. The molecule has 7 nitrogen and oxygen atoms in total. The number of aromatic amines is 1. The lowest BCUT2D eigenvalue weighted by molar-refractivity contribution is -0.120. The molecule has 2 heterocycles. The van der Waals surface area contributed by atoms with Crippen LogP contribution in [0.5, 0.6) is 0 Å². The molecule has 0 saturated carbocycles. The summed E-state index contributed by atoms with van der Waals surface area (Å²) < 4.78 is 26.8. The second kappa shape index (κ2) is 6.74. The Morgan fingerprint density at radius 3 is 2.75 bits per heavy atom. The number of amides is 1. The minimum atomic E-state index is -3.57. The molecular weight excluding hydrogens is 328 g/mol. The van der Waals surface area contributed by atoms with Crippen LogP contribution in [0, 0.1) is 12.8 Å². The van der Waals surface area contributed by atoms with Crippen molar-refractivity contribution in [2.24, 2.45) is 5.92 Å². The number of H-pyrrole nitrogens is 1. The average molecular weight is 348 g/mol. The summed E-state index contributed by atoms with van der Waals surface area (Å²) >= 11 is 0. The molecule has 128 valence electrons. The van der Waals surface area contributed by atoms with Gasteiger partial charge in [-0.15, -0.1) is 0 Å². The van der Waals surface area contributed by atoms with Gasteiger partial charge >= 0.3 is 0 Å². The van der Waals surface area contributed by atoms with Crippen LogP contribution in [0.4, 0.5) is 5.82 Å². The third kappa shape index (κ3) is 3.49. The fourth-order valence-corrected chi connectivity index (χ4v) is 4.37. The Labute approximate surface area is 141 Å². The van der Waals surface area contributed by atoms with Crippen molar-refractivity contribution in [3.8, 4) is 0 Å². The Kier molecular flexibility index (Phi) is 4.68. The molecule has 2 N–H and O–H groups in total. The lowest BCUT2D eigenvalue weighted by Gasteiger charge is -2.31. The monoisotopic (exact) mass is 348 g/mol. The number of nitrogens with one attached hydrogen (secondary N) is 2. The number of hydrogen-bond acceptors (Lipinski definition) is 4. The fraction of sp³-hybridized carbons (Fsp3) is 0.375. The molecular formula is C16H20N4O3S. The van der Waals surface area contributed by atoms with E-state index in [0.717, 1.165) is 5.69 Å². The summed E-state index contributed by atoms with van der Waals surface area (Å²) in [6.45, 7) is 2.46. The third-order valence-corrected chi connectivity index (χ3v) is 5.97. The Hall–Kier alpha value is -2.19. The SMILES string of the molecule is Cc1cc(NC(=O)C2CCCN(S(=O)(=O)c3ccccc3)C2)n[nH]1. The molecule has 1 fully saturated rings. The standard InChI is InChI=1S/C16H20N4O3S/c1-12-10-15(19-18-12)17-16(21)13-6-5-9-20(11-13)24(22,23)14-7-3-2-4-8-14/h2-4,7-8,10,13H,5-6,9,11H2,1H3,(H2,17,18,19,21). The van der Waals surface area contributed by atoms with Crippen molar-refractivity contribution < 1.29 is 13.2 Å². The van der Waals surface area contributed by atoms with E-state index in [1.165, 1.54) is 4.31 Å². The Bertz CT molecular complexity index is 817. The van der Waals surface area contributed by atoms with Crippen LogP contribution in [0.15, 0.2) is 41.3 Å². The van der Waals surface area contributed by atoms with Crippen molar-refractivity contribution in [3.63, 3.8) is 0 Å². The van der Waals surface area contributed by atoms with Gasteiger partial charge in [0.1, 0.15) is 0 Å². The van der Waals surface area contributed by atoms with E-state index < -0.39 is 10.0 Å². The quantitative estimate of drug-likeness (QED) is 0.880. The lowest BCUT2D eigenvalue weighted by atomic mass is 9.99. The molecule has 1 saturated heterocycles. The normalized spacial score (nSPS) is 19.1. The van der Waals surface area contributed by atoms with Crippen LogP contribution in [0.2, 0.25) is 0 Å². The van der Waals surface area contributed by atoms with Gasteiger partial charge in [-0.05, 0) is 31.9 Å². The number of carbonyl (C=O) groups is 1. The van der Waals surface area contributed by atoms with Crippen molar-refractivity contribution in [1.82, 2.24) is 14.5 Å². The number of nitrogens with zero attached hydrogens (tertiary/aromatic N) is 2. The van der Waals surface area contributed by atoms with E-state index in [-0.39, 0.29) is 23.3 Å². The van der Waals surface area contributed by atoms with Crippen molar-refractivity contribution in [1.29, 1.82) is 0 Å². The second-order valence-electron chi connectivity index (χ2n) is 5.94. The maximum Gasteiger partial charge on any atom is 0.243 e. The zero-order valence-corrected chi connectivity index (χ0v) is 14.2. The summed E-state index contributed by atoms with van der Waals surface area (Å²) in [6.07, 6.45) is 1.32. The third-order valence-electron chi connectivity index (χ3n) is 4.09. The number of piperidine rings is 1. The van der Waals surface area contributed by atoms with Gasteiger partial charge in [0.25, 0.3) is 0 Å². The van der Waals surface area contributed by atoms with Crippen LogP contribution in [-0.4, -0.2) is 41.9 Å². The van der Waals surface area contributed by atoms with E-state index >= 15 is 0 Å². The maximum atomic E-state index is 12.7. The Balaban J connectivity index is 1.71. The van der Waals surface area contributed by atoms with Crippen LogP contribution in [-0.2, 0) is 14.8 Å². The molecule has 2 aromatic rings. The topological polar surface area (TPSA) is 95.2 Å². The Morgan fingerprint density at radius 1 is 1.33 bits per heavy atom. The predicted octanol–water partition coefficient (Wildman–Crippen LogP) is 1.76. The molecule has 1 aliphatic rings. The molecule has 8 heteroatoms. The number of aromatic nitrogens is 2. The number of aryl methyl sites for hydroxylation is 1. The van der Waals surface area contributed by atoms with Crippen LogP contribution < -0.4 is 5.32 Å². The van der Waals surface area contributed by atoms with Crippen molar-refractivity contribution in [3.05, 3.63) is 42.1 Å². The number of carbonyl (C=O) groups excluding carboxylic acids is 1. The van der Waals surface area contributed by atoms with Crippen LogP contribution in [0.25, 0.3) is 0 Å². The van der Waals surface area contributed by atoms with Crippen molar-refractivity contribution in [2.45, 2.75) is 24.7 Å². The largest absolute Gasteiger partial charge is 0.309 e. The molecule has 0 bridgehead atoms.